The van der Waals surface area contributed by atoms with Gasteiger partial charge in [-0.1, -0.05) is 25.5 Å². The number of aromatic carboxylic acids is 1. The molecule has 1 aromatic heterocycles. The maximum atomic E-state index is 12.4. The van der Waals surface area contributed by atoms with Crippen LogP contribution in [-0.2, 0) is 6.42 Å². The molecule has 0 unspecified atom stereocenters. The first-order valence-corrected chi connectivity index (χ1v) is 9.23. The number of alkyl halides is 2. The number of ether oxygens (including phenoxy) is 1. The Morgan fingerprint density at radius 1 is 1.03 bits per heavy atom. The number of hydrogen-bond acceptors (Lipinski definition) is 4. The quantitative estimate of drug-likeness (QED) is 0.546. The topological polar surface area (TPSA) is 72.3 Å². The van der Waals surface area contributed by atoms with Crippen LogP contribution in [0.4, 0.5) is 8.78 Å². The molecule has 0 saturated heterocycles. The van der Waals surface area contributed by atoms with E-state index in [9.17, 15) is 13.6 Å². The highest BCUT2D eigenvalue weighted by atomic mass is 19.3. The van der Waals surface area contributed by atoms with Gasteiger partial charge in [0.2, 0.25) is 0 Å². The number of benzene rings is 2. The van der Waals surface area contributed by atoms with E-state index in [1.807, 2.05) is 0 Å². The van der Waals surface area contributed by atoms with Crippen LogP contribution >= 0.6 is 0 Å². The number of carboxylic acids is 1. The third-order valence-electron chi connectivity index (χ3n) is 4.37. The standard InChI is InChI=1S/C22H20F2N2O3/c1-2-3-4-17-13-25-19(14-9-11-18(12-10-14)29-22(23)24)20(26-17)15-5-7-16(8-6-15)21(27)28/h5-13,22H,2-4H2,1H3,(H,27,28). The lowest BCUT2D eigenvalue weighted by Gasteiger charge is -2.12. The van der Waals surface area contributed by atoms with Crippen LogP contribution in [0.1, 0.15) is 35.8 Å². The predicted molar refractivity (Wildman–Crippen MR) is 105 cm³/mol. The molecule has 0 saturated carbocycles. The van der Waals surface area contributed by atoms with Gasteiger partial charge in [0.25, 0.3) is 0 Å². The highest BCUT2D eigenvalue weighted by molar-refractivity contribution is 5.88. The minimum Gasteiger partial charge on any atom is -0.478 e. The number of unbranched alkanes of at least 4 members (excludes halogenated alkanes) is 1. The summed E-state index contributed by atoms with van der Waals surface area (Å²) < 4.78 is 29.2. The van der Waals surface area contributed by atoms with Crippen molar-refractivity contribution in [3.63, 3.8) is 0 Å². The van der Waals surface area contributed by atoms with E-state index in [2.05, 4.69) is 16.6 Å². The van der Waals surface area contributed by atoms with Crippen molar-refractivity contribution in [2.24, 2.45) is 0 Å². The molecule has 1 N–H and O–H groups in total. The number of carboxylic acid groups (broad SMARTS) is 1. The molecule has 0 atom stereocenters. The van der Waals surface area contributed by atoms with Crippen molar-refractivity contribution < 1.29 is 23.4 Å². The third-order valence-corrected chi connectivity index (χ3v) is 4.37. The number of carbonyl (C=O) groups is 1. The molecule has 0 aliphatic heterocycles. The van der Waals surface area contributed by atoms with Crippen molar-refractivity contribution in [2.45, 2.75) is 32.8 Å². The molecule has 29 heavy (non-hydrogen) atoms. The zero-order valence-corrected chi connectivity index (χ0v) is 15.8. The summed E-state index contributed by atoms with van der Waals surface area (Å²) >= 11 is 0. The summed E-state index contributed by atoms with van der Waals surface area (Å²) in [6, 6.07) is 12.6. The summed E-state index contributed by atoms with van der Waals surface area (Å²) in [6.07, 6.45) is 4.50. The van der Waals surface area contributed by atoms with Crippen molar-refractivity contribution in [3.8, 4) is 28.3 Å². The predicted octanol–water partition coefficient (Wildman–Crippen LogP) is 5.45. The van der Waals surface area contributed by atoms with Gasteiger partial charge in [-0.05, 0) is 49.2 Å². The second kappa shape index (κ2) is 9.23. The van der Waals surface area contributed by atoms with Crippen LogP contribution in [0.2, 0.25) is 0 Å². The van der Waals surface area contributed by atoms with Crippen molar-refractivity contribution in [3.05, 3.63) is 66.0 Å². The van der Waals surface area contributed by atoms with Crippen molar-refractivity contribution >= 4 is 5.97 Å². The van der Waals surface area contributed by atoms with Gasteiger partial charge in [-0.3, -0.25) is 4.98 Å². The molecule has 1 heterocycles. The Bertz CT molecular complexity index is 974. The van der Waals surface area contributed by atoms with E-state index in [1.54, 1.807) is 30.5 Å². The van der Waals surface area contributed by atoms with Crippen LogP contribution in [0, 0.1) is 0 Å². The van der Waals surface area contributed by atoms with Gasteiger partial charge in [0.05, 0.1) is 22.6 Å². The summed E-state index contributed by atoms with van der Waals surface area (Å²) in [5, 5.41) is 9.12. The molecule has 0 spiro atoms. The molecule has 150 valence electrons. The van der Waals surface area contributed by atoms with Crippen molar-refractivity contribution in [2.75, 3.05) is 0 Å². The molecule has 3 aromatic rings. The first kappa shape index (κ1) is 20.4. The number of halogens is 2. The molecule has 2 aromatic carbocycles. The van der Waals surface area contributed by atoms with E-state index >= 15 is 0 Å². The molecule has 0 aliphatic carbocycles. The van der Waals surface area contributed by atoms with Crippen LogP contribution in [0.25, 0.3) is 22.5 Å². The summed E-state index contributed by atoms with van der Waals surface area (Å²) in [7, 11) is 0. The lowest BCUT2D eigenvalue weighted by atomic mass is 10.0. The first-order valence-electron chi connectivity index (χ1n) is 9.23. The minimum absolute atomic E-state index is 0.0589. The number of hydrogen-bond donors (Lipinski definition) is 1. The zero-order valence-electron chi connectivity index (χ0n) is 15.8. The van der Waals surface area contributed by atoms with Gasteiger partial charge in [0.1, 0.15) is 5.75 Å². The maximum Gasteiger partial charge on any atom is 0.387 e. The zero-order chi connectivity index (χ0) is 20.8. The van der Waals surface area contributed by atoms with Gasteiger partial charge in [0, 0.05) is 17.3 Å². The second-order valence-electron chi connectivity index (χ2n) is 6.45. The fourth-order valence-electron chi connectivity index (χ4n) is 2.88. The Morgan fingerprint density at radius 3 is 2.24 bits per heavy atom. The van der Waals surface area contributed by atoms with Gasteiger partial charge in [-0.2, -0.15) is 8.78 Å². The number of aromatic nitrogens is 2. The van der Waals surface area contributed by atoms with Gasteiger partial charge in [0.15, 0.2) is 0 Å². The van der Waals surface area contributed by atoms with Crippen LogP contribution in [0.3, 0.4) is 0 Å². The van der Waals surface area contributed by atoms with E-state index in [-0.39, 0.29) is 11.3 Å². The summed E-state index contributed by atoms with van der Waals surface area (Å²) in [5.74, 6) is -0.946. The van der Waals surface area contributed by atoms with Gasteiger partial charge < -0.3 is 9.84 Å². The number of aryl methyl sites for hydroxylation is 1. The summed E-state index contributed by atoms with van der Waals surface area (Å²) in [5.41, 5.74) is 3.63. The molecule has 3 rings (SSSR count). The number of nitrogens with zero attached hydrogens (tertiary/aromatic N) is 2. The highest BCUT2D eigenvalue weighted by Gasteiger charge is 2.14. The SMILES string of the molecule is CCCCc1cnc(-c2ccc(OC(F)F)cc2)c(-c2ccc(C(=O)O)cc2)n1. The average Bonchev–Trinajstić information content (AvgIpc) is 2.72. The minimum atomic E-state index is -2.89. The van der Waals surface area contributed by atoms with E-state index in [0.29, 0.717) is 17.0 Å². The summed E-state index contributed by atoms with van der Waals surface area (Å²) in [6.45, 7) is -0.794. The fourth-order valence-corrected chi connectivity index (χ4v) is 2.88. The van der Waals surface area contributed by atoms with Gasteiger partial charge in [-0.25, -0.2) is 9.78 Å². The van der Waals surface area contributed by atoms with E-state index in [0.717, 1.165) is 30.5 Å². The lowest BCUT2D eigenvalue weighted by Crippen LogP contribution is -2.02. The van der Waals surface area contributed by atoms with Crippen LogP contribution < -0.4 is 4.74 Å². The van der Waals surface area contributed by atoms with E-state index in [1.165, 1.54) is 24.3 Å². The molecule has 7 heteroatoms. The molecular formula is C22H20F2N2O3. The van der Waals surface area contributed by atoms with Crippen LogP contribution in [-0.4, -0.2) is 27.7 Å². The molecule has 0 fully saturated rings. The maximum absolute atomic E-state index is 12.4. The Kier molecular flexibility index (Phi) is 6.49. The molecule has 0 aliphatic rings. The molecule has 0 amide bonds. The van der Waals surface area contributed by atoms with Crippen LogP contribution in [0.15, 0.2) is 54.7 Å². The van der Waals surface area contributed by atoms with Crippen molar-refractivity contribution in [1.29, 1.82) is 0 Å². The monoisotopic (exact) mass is 398 g/mol. The Labute approximate surface area is 167 Å². The van der Waals surface area contributed by atoms with Gasteiger partial charge in [-0.15, -0.1) is 0 Å². The van der Waals surface area contributed by atoms with E-state index < -0.39 is 12.6 Å². The molecule has 5 nitrogen and oxygen atoms in total. The largest absolute Gasteiger partial charge is 0.478 e. The lowest BCUT2D eigenvalue weighted by molar-refractivity contribution is -0.0498. The van der Waals surface area contributed by atoms with Gasteiger partial charge >= 0.3 is 12.6 Å². The normalized spacial score (nSPS) is 10.9. The Balaban J connectivity index is 2.02. The second-order valence-corrected chi connectivity index (χ2v) is 6.45. The smallest absolute Gasteiger partial charge is 0.387 e. The van der Waals surface area contributed by atoms with Crippen LogP contribution in [0.5, 0.6) is 5.75 Å². The molecule has 0 bridgehead atoms. The molecular weight excluding hydrogens is 378 g/mol. The van der Waals surface area contributed by atoms with Crippen molar-refractivity contribution in [1.82, 2.24) is 9.97 Å². The molecule has 0 radical (unpaired) electrons. The third kappa shape index (κ3) is 5.13. The fraction of sp³-hybridized carbons (Fsp3) is 0.227. The Hall–Kier alpha value is -3.35. The number of rotatable bonds is 8. The van der Waals surface area contributed by atoms with E-state index in [4.69, 9.17) is 10.1 Å². The first-order chi connectivity index (χ1) is 14.0. The summed E-state index contributed by atoms with van der Waals surface area (Å²) in [4.78, 5) is 20.4. The highest BCUT2D eigenvalue weighted by Crippen LogP contribution is 2.31. The Morgan fingerprint density at radius 2 is 1.66 bits per heavy atom. The average molecular weight is 398 g/mol.